The Kier molecular flexibility index (Phi) is 20.5. The summed E-state index contributed by atoms with van der Waals surface area (Å²) in [5.41, 5.74) is 0. The van der Waals surface area contributed by atoms with E-state index in [-0.39, 0.29) is 0 Å². The lowest BCUT2D eigenvalue weighted by Crippen LogP contribution is -2.13. The summed E-state index contributed by atoms with van der Waals surface area (Å²) in [6.45, 7) is 9.45. The second kappa shape index (κ2) is 20.2. The van der Waals surface area contributed by atoms with Crippen LogP contribution in [-0.4, -0.2) is 24.6 Å². The van der Waals surface area contributed by atoms with Crippen molar-refractivity contribution in [2.24, 2.45) is 0 Å². The highest BCUT2D eigenvalue weighted by Crippen LogP contribution is 2.61. The van der Waals surface area contributed by atoms with E-state index in [1.807, 2.05) is 0 Å². The van der Waals surface area contributed by atoms with E-state index < -0.39 is 7.26 Å². The van der Waals surface area contributed by atoms with Gasteiger partial charge in [0.05, 0.1) is 24.6 Å². The molecule has 0 spiro atoms. The molecule has 0 fully saturated rings. The van der Waals surface area contributed by atoms with Crippen molar-refractivity contribution < 1.29 is 0 Å². The average molecular weight is 386 g/mol. The monoisotopic (exact) mass is 385 g/mol. The number of hydrogen-bond acceptors (Lipinski definition) is 0. The van der Waals surface area contributed by atoms with Crippen LogP contribution in [0.4, 0.5) is 0 Å². The van der Waals surface area contributed by atoms with Crippen molar-refractivity contribution in [2.75, 3.05) is 24.6 Å². The minimum Gasteiger partial charge on any atom is -0.0654 e. The highest BCUT2D eigenvalue weighted by atomic mass is 31.2. The SMILES string of the molecule is CCCCCCCC[P+](CCC)(CCCCCCC)CCCCCCC. The minimum absolute atomic E-state index is 0.649. The van der Waals surface area contributed by atoms with Crippen LogP contribution in [0.1, 0.15) is 137 Å². The molecule has 0 aliphatic carbocycles. The van der Waals surface area contributed by atoms with Crippen LogP contribution >= 0.6 is 7.26 Å². The quantitative estimate of drug-likeness (QED) is 0.136. The van der Waals surface area contributed by atoms with Gasteiger partial charge in [-0.3, -0.25) is 0 Å². The molecular weight excluding hydrogens is 331 g/mol. The average Bonchev–Trinajstić information content (AvgIpc) is 2.64. The molecule has 0 bridgehead atoms. The Balaban J connectivity index is 4.39. The van der Waals surface area contributed by atoms with Gasteiger partial charge in [0.15, 0.2) is 0 Å². The molecule has 0 saturated carbocycles. The van der Waals surface area contributed by atoms with Crippen LogP contribution in [-0.2, 0) is 0 Å². The summed E-state index contributed by atoms with van der Waals surface area (Å²) in [7, 11) is -0.649. The van der Waals surface area contributed by atoms with Gasteiger partial charge in [-0.25, -0.2) is 0 Å². The summed E-state index contributed by atoms with van der Waals surface area (Å²) in [6.07, 6.45) is 31.5. The zero-order valence-electron chi connectivity index (χ0n) is 19.3. The molecule has 0 aliphatic heterocycles. The van der Waals surface area contributed by atoms with Crippen LogP contribution in [0, 0.1) is 0 Å². The lowest BCUT2D eigenvalue weighted by molar-refractivity contribution is 0.622. The Morgan fingerprint density at radius 2 is 0.615 bits per heavy atom. The van der Waals surface area contributed by atoms with E-state index in [1.165, 1.54) is 89.9 Å². The van der Waals surface area contributed by atoms with Crippen LogP contribution in [0.2, 0.25) is 0 Å². The summed E-state index contributed by atoms with van der Waals surface area (Å²) >= 11 is 0. The minimum atomic E-state index is -0.649. The van der Waals surface area contributed by atoms with Gasteiger partial charge in [0, 0.05) is 7.26 Å². The van der Waals surface area contributed by atoms with Crippen LogP contribution in [0.3, 0.4) is 0 Å². The van der Waals surface area contributed by atoms with E-state index >= 15 is 0 Å². The van der Waals surface area contributed by atoms with Crippen molar-refractivity contribution in [3.8, 4) is 0 Å². The lowest BCUT2D eigenvalue weighted by atomic mass is 10.1. The van der Waals surface area contributed by atoms with Crippen molar-refractivity contribution in [3.63, 3.8) is 0 Å². The summed E-state index contributed by atoms with van der Waals surface area (Å²) in [5.74, 6) is 0. The van der Waals surface area contributed by atoms with Gasteiger partial charge in [0.2, 0.25) is 0 Å². The van der Waals surface area contributed by atoms with Gasteiger partial charge in [0.1, 0.15) is 0 Å². The van der Waals surface area contributed by atoms with Gasteiger partial charge in [-0.05, 0) is 44.9 Å². The topological polar surface area (TPSA) is 0 Å². The van der Waals surface area contributed by atoms with Gasteiger partial charge in [-0.1, -0.05) is 91.9 Å². The zero-order chi connectivity index (χ0) is 19.3. The molecule has 0 atom stereocenters. The maximum atomic E-state index is 2.45. The molecule has 0 unspecified atom stereocenters. The van der Waals surface area contributed by atoms with E-state index in [4.69, 9.17) is 0 Å². The summed E-state index contributed by atoms with van der Waals surface area (Å²) < 4.78 is 0. The Morgan fingerprint density at radius 1 is 0.308 bits per heavy atom. The highest BCUT2D eigenvalue weighted by molar-refractivity contribution is 7.75. The molecule has 0 aromatic carbocycles. The van der Waals surface area contributed by atoms with Gasteiger partial charge in [0.25, 0.3) is 0 Å². The third kappa shape index (κ3) is 15.5. The number of hydrogen-bond donors (Lipinski definition) is 0. The largest absolute Gasteiger partial charge is 0.0654 e. The number of unbranched alkanes of at least 4 members (excludes halogenated alkanes) is 13. The molecule has 0 aromatic rings. The third-order valence-corrected chi connectivity index (χ3v) is 11.3. The maximum Gasteiger partial charge on any atom is 0.0594 e. The van der Waals surface area contributed by atoms with Gasteiger partial charge in [-0.2, -0.15) is 0 Å². The fraction of sp³-hybridized carbons (Fsp3) is 1.00. The van der Waals surface area contributed by atoms with Crippen molar-refractivity contribution in [3.05, 3.63) is 0 Å². The van der Waals surface area contributed by atoms with Crippen molar-refractivity contribution in [2.45, 2.75) is 137 Å². The van der Waals surface area contributed by atoms with Crippen molar-refractivity contribution >= 4 is 7.26 Å². The molecule has 0 saturated heterocycles. The smallest absolute Gasteiger partial charge is 0.0594 e. The fourth-order valence-electron chi connectivity index (χ4n) is 4.47. The Hall–Kier alpha value is 0.430. The predicted molar refractivity (Wildman–Crippen MR) is 128 cm³/mol. The first-order chi connectivity index (χ1) is 12.7. The van der Waals surface area contributed by atoms with E-state index in [0.717, 1.165) is 0 Å². The Bertz CT molecular complexity index is 247. The Labute approximate surface area is 169 Å². The molecule has 1 heteroatoms. The molecule has 0 N–H and O–H groups in total. The molecule has 0 radical (unpaired) electrons. The van der Waals surface area contributed by atoms with Gasteiger partial charge < -0.3 is 0 Å². The van der Waals surface area contributed by atoms with Crippen LogP contribution in [0.25, 0.3) is 0 Å². The van der Waals surface area contributed by atoms with Crippen molar-refractivity contribution in [1.82, 2.24) is 0 Å². The van der Waals surface area contributed by atoms with Crippen LogP contribution in [0.15, 0.2) is 0 Å². The first-order valence-corrected chi connectivity index (χ1v) is 15.1. The van der Waals surface area contributed by atoms with Gasteiger partial charge in [-0.15, -0.1) is 0 Å². The van der Waals surface area contributed by atoms with Gasteiger partial charge >= 0.3 is 0 Å². The van der Waals surface area contributed by atoms with Crippen molar-refractivity contribution in [1.29, 1.82) is 0 Å². The second-order valence-corrected chi connectivity index (χ2v) is 13.3. The predicted octanol–water partition coefficient (Wildman–Crippen LogP) is 9.72. The normalized spacial score (nSPS) is 12.0. The summed E-state index contributed by atoms with van der Waals surface area (Å²) in [4.78, 5) is 0. The number of rotatable bonds is 21. The summed E-state index contributed by atoms with van der Waals surface area (Å²) in [5, 5.41) is 0. The van der Waals surface area contributed by atoms with Crippen LogP contribution < -0.4 is 0 Å². The first-order valence-electron chi connectivity index (χ1n) is 12.6. The fourth-order valence-corrected chi connectivity index (χ4v) is 9.45. The van der Waals surface area contributed by atoms with Crippen LogP contribution in [0.5, 0.6) is 0 Å². The molecule has 0 nitrogen and oxygen atoms in total. The molecule has 0 heterocycles. The summed E-state index contributed by atoms with van der Waals surface area (Å²) in [6, 6.07) is 0. The lowest BCUT2D eigenvalue weighted by Gasteiger charge is -2.28. The standard InChI is InChI=1S/C25H54P/c1-5-9-12-15-18-21-25-26(22-8-4,23-19-16-13-10-6-2)24-20-17-14-11-7-3/h5-25H2,1-4H3/q+1. The molecular formula is C25H54P+. The van der Waals surface area contributed by atoms with E-state index in [1.54, 1.807) is 43.9 Å². The van der Waals surface area contributed by atoms with E-state index in [9.17, 15) is 0 Å². The third-order valence-electron chi connectivity index (χ3n) is 6.16. The maximum absolute atomic E-state index is 2.45. The van der Waals surface area contributed by atoms with E-state index in [2.05, 4.69) is 27.7 Å². The Morgan fingerprint density at radius 3 is 0.923 bits per heavy atom. The zero-order valence-corrected chi connectivity index (χ0v) is 20.2. The van der Waals surface area contributed by atoms with E-state index in [0.29, 0.717) is 0 Å². The molecule has 158 valence electrons. The molecule has 0 aromatic heterocycles. The second-order valence-electron chi connectivity index (χ2n) is 8.83. The molecule has 0 aliphatic rings. The highest BCUT2D eigenvalue weighted by Gasteiger charge is 2.34. The molecule has 26 heavy (non-hydrogen) atoms. The molecule has 0 rings (SSSR count). The first kappa shape index (κ1) is 26.4. The molecule has 0 amide bonds.